The molecule has 3 aromatic carbocycles. The summed E-state index contributed by atoms with van der Waals surface area (Å²) in [5.41, 5.74) is 16.8. The second-order valence-corrected chi connectivity index (χ2v) is 6.49. The van der Waals surface area contributed by atoms with Crippen molar-refractivity contribution in [2.75, 3.05) is 35.6 Å². The van der Waals surface area contributed by atoms with Gasteiger partial charge in [-0.1, -0.05) is 24.3 Å². The molecule has 0 aliphatic heterocycles. The predicted molar refractivity (Wildman–Crippen MR) is 125 cm³/mol. The third kappa shape index (κ3) is 7.16. The maximum Gasteiger partial charge on any atom is 0.158 e. The van der Waals surface area contributed by atoms with Crippen LogP contribution in [-0.2, 0) is 9.47 Å². The Morgan fingerprint density at radius 3 is 1.30 bits per heavy atom. The molecule has 0 saturated carbocycles. The van der Waals surface area contributed by atoms with Gasteiger partial charge in [0.25, 0.3) is 0 Å². The summed E-state index contributed by atoms with van der Waals surface area (Å²) >= 11 is 0. The van der Waals surface area contributed by atoms with E-state index >= 15 is 0 Å². The van der Waals surface area contributed by atoms with Crippen molar-refractivity contribution in [3.63, 3.8) is 0 Å². The SMILES string of the molecule is Nc1ccc(NCOC=Cc2ccc(C=COCNc3ccc(N)cc3)cc2)cc1. The van der Waals surface area contributed by atoms with E-state index in [1.165, 1.54) is 0 Å². The summed E-state index contributed by atoms with van der Waals surface area (Å²) in [4.78, 5) is 0. The van der Waals surface area contributed by atoms with Crippen molar-refractivity contribution in [1.29, 1.82) is 0 Å². The first-order chi connectivity index (χ1) is 14.7. The summed E-state index contributed by atoms with van der Waals surface area (Å²) in [7, 11) is 0. The van der Waals surface area contributed by atoms with Crippen LogP contribution in [0.5, 0.6) is 0 Å². The average Bonchev–Trinajstić information content (AvgIpc) is 2.77. The molecule has 0 unspecified atom stereocenters. The Balaban J connectivity index is 1.34. The lowest BCUT2D eigenvalue weighted by Gasteiger charge is -2.06. The van der Waals surface area contributed by atoms with Gasteiger partial charge in [-0.15, -0.1) is 0 Å². The van der Waals surface area contributed by atoms with Crippen molar-refractivity contribution in [1.82, 2.24) is 0 Å². The zero-order chi connectivity index (χ0) is 21.0. The van der Waals surface area contributed by atoms with Crippen LogP contribution in [0.1, 0.15) is 11.1 Å². The van der Waals surface area contributed by atoms with Crippen LogP contribution >= 0.6 is 0 Å². The molecule has 6 nitrogen and oxygen atoms in total. The highest BCUT2D eigenvalue weighted by Gasteiger charge is 1.92. The second kappa shape index (κ2) is 11.1. The van der Waals surface area contributed by atoms with Crippen molar-refractivity contribution >= 4 is 34.9 Å². The topological polar surface area (TPSA) is 94.6 Å². The molecule has 0 radical (unpaired) electrons. The third-order valence-electron chi connectivity index (χ3n) is 4.19. The van der Waals surface area contributed by atoms with E-state index in [2.05, 4.69) is 10.6 Å². The van der Waals surface area contributed by atoms with Crippen molar-refractivity contribution < 1.29 is 9.47 Å². The normalized spacial score (nSPS) is 10.9. The van der Waals surface area contributed by atoms with Gasteiger partial charge in [0.15, 0.2) is 13.5 Å². The molecule has 6 heteroatoms. The Kier molecular flexibility index (Phi) is 7.62. The van der Waals surface area contributed by atoms with E-state index in [9.17, 15) is 0 Å². The summed E-state index contributed by atoms with van der Waals surface area (Å²) in [6.45, 7) is 0.756. The van der Waals surface area contributed by atoms with E-state index in [-0.39, 0.29) is 0 Å². The zero-order valence-corrected chi connectivity index (χ0v) is 16.6. The molecule has 0 spiro atoms. The van der Waals surface area contributed by atoms with Gasteiger partial charge < -0.3 is 31.6 Å². The minimum Gasteiger partial charge on any atom is -0.481 e. The van der Waals surface area contributed by atoms with Gasteiger partial charge >= 0.3 is 0 Å². The molecule has 0 amide bonds. The fourth-order valence-electron chi connectivity index (χ4n) is 2.52. The van der Waals surface area contributed by atoms with Gasteiger partial charge in [0.05, 0.1) is 12.5 Å². The largest absolute Gasteiger partial charge is 0.481 e. The van der Waals surface area contributed by atoms with Crippen LogP contribution in [0.25, 0.3) is 12.2 Å². The summed E-state index contributed by atoms with van der Waals surface area (Å²) < 4.78 is 10.9. The highest BCUT2D eigenvalue weighted by molar-refractivity contribution is 5.55. The molecule has 0 saturated heterocycles. The molecule has 6 N–H and O–H groups in total. The number of nitrogen functional groups attached to an aromatic ring is 2. The smallest absolute Gasteiger partial charge is 0.158 e. The Bertz CT molecular complexity index is 870. The Morgan fingerprint density at radius 1 is 0.567 bits per heavy atom. The summed E-state index contributed by atoms with van der Waals surface area (Å²) in [5, 5.41) is 6.30. The minimum absolute atomic E-state index is 0.378. The highest BCUT2D eigenvalue weighted by atomic mass is 16.5. The predicted octanol–water partition coefficient (Wildman–Crippen LogP) is 4.96. The Labute approximate surface area is 176 Å². The van der Waals surface area contributed by atoms with E-state index in [0.29, 0.717) is 13.5 Å². The number of benzene rings is 3. The monoisotopic (exact) mass is 402 g/mol. The van der Waals surface area contributed by atoms with Gasteiger partial charge in [0.2, 0.25) is 0 Å². The molecule has 0 aliphatic carbocycles. The zero-order valence-electron chi connectivity index (χ0n) is 16.6. The van der Waals surface area contributed by atoms with Crippen LogP contribution in [0.4, 0.5) is 22.7 Å². The van der Waals surface area contributed by atoms with Crippen LogP contribution in [0.2, 0.25) is 0 Å². The molecule has 3 aromatic rings. The lowest BCUT2D eigenvalue weighted by atomic mass is 10.1. The summed E-state index contributed by atoms with van der Waals surface area (Å²) in [6.07, 6.45) is 7.15. The molecule has 30 heavy (non-hydrogen) atoms. The molecule has 154 valence electrons. The van der Waals surface area contributed by atoms with Gasteiger partial charge in [0.1, 0.15) is 0 Å². The van der Waals surface area contributed by atoms with Crippen LogP contribution in [-0.4, -0.2) is 13.5 Å². The van der Waals surface area contributed by atoms with E-state index in [0.717, 1.165) is 33.9 Å². The number of nitrogens with two attached hydrogens (primary N) is 2. The molecule has 0 fully saturated rings. The number of anilines is 4. The minimum atomic E-state index is 0.378. The van der Waals surface area contributed by atoms with E-state index in [1.54, 1.807) is 12.5 Å². The lowest BCUT2D eigenvalue weighted by molar-refractivity contribution is 0.278. The first kappa shape index (κ1) is 20.7. The van der Waals surface area contributed by atoms with Crippen LogP contribution in [0.15, 0.2) is 85.3 Å². The van der Waals surface area contributed by atoms with E-state index in [1.807, 2.05) is 84.9 Å². The number of hydrogen-bond acceptors (Lipinski definition) is 6. The average molecular weight is 402 g/mol. The maximum absolute atomic E-state index is 5.66. The highest BCUT2D eigenvalue weighted by Crippen LogP contribution is 2.12. The van der Waals surface area contributed by atoms with Gasteiger partial charge in [0, 0.05) is 22.7 Å². The number of nitrogens with one attached hydrogen (secondary N) is 2. The number of hydrogen-bond donors (Lipinski definition) is 4. The lowest BCUT2D eigenvalue weighted by Crippen LogP contribution is -2.02. The van der Waals surface area contributed by atoms with Gasteiger partial charge in [-0.2, -0.15) is 0 Å². The second-order valence-electron chi connectivity index (χ2n) is 6.49. The molecular formula is C24H26N4O2. The maximum atomic E-state index is 5.66. The van der Waals surface area contributed by atoms with Crippen molar-refractivity contribution in [3.8, 4) is 0 Å². The molecule has 0 bridgehead atoms. The van der Waals surface area contributed by atoms with Crippen molar-refractivity contribution in [2.45, 2.75) is 0 Å². The Hall–Kier alpha value is -4.06. The van der Waals surface area contributed by atoms with Crippen LogP contribution < -0.4 is 22.1 Å². The standard InChI is InChI=1S/C24H26N4O2/c25-21-5-9-23(10-6-21)27-17-29-15-13-19-1-2-20(4-3-19)14-16-30-18-28-24-11-7-22(26)8-12-24/h1-16,27-28H,17-18,25-26H2. The van der Waals surface area contributed by atoms with Crippen molar-refractivity contribution in [3.05, 3.63) is 96.4 Å². The summed E-state index contributed by atoms with van der Waals surface area (Å²) in [5.74, 6) is 0. The van der Waals surface area contributed by atoms with Crippen LogP contribution in [0.3, 0.4) is 0 Å². The quantitative estimate of drug-likeness (QED) is 0.166. The molecule has 0 heterocycles. The fourth-order valence-corrected chi connectivity index (χ4v) is 2.52. The van der Waals surface area contributed by atoms with Crippen molar-refractivity contribution in [2.24, 2.45) is 0 Å². The molecule has 0 aliphatic rings. The van der Waals surface area contributed by atoms with Crippen LogP contribution in [0, 0.1) is 0 Å². The molecular weight excluding hydrogens is 376 g/mol. The molecule has 3 rings (SSSR count). The Morgan fingerprint density at radius 2 is 0.933 bits per heavy atom. The fraction of sp³-hybridized carbons (Fsp3) is 0.0833. The molecule has 0 atom stereocenters. The van der Waals surface area contributed by atoms with Gasteiger partial charge in [-0.05, 0) is 71.8 Å². The third-order valence-corrected chi connectivity index (χ3v) is 4.19. The first-order valence-corrected chi connectivity index (χ1v) is 9.54. The summed E-state index contributed by atoms with van der Waals surface area (Å²) in [6, 6.07) is 23.1. The molecule has 0 aromatic heterocycles. The number of ether oxygens (including phenoxy) is 2. The van der Waals surface area contributed by atoms with Gasteiger partial charge in [-0.25, -0.2) is 0 Å². The van der Waals surface area contributed by atoms with Gasteiger partial charge in [-0.3, -0.25) is 0 Å². The number of rotatable bonds is 10. The van der Waals surface area contributed by atoms with E-state index < -0.39 is 0 Å². The first-order valence-electron chi connectivity index (χ1n) is 9.54. The van der Waals surface area contributed by atoms with E-state index in [4.69, 9.17) is 20.9 Å².